The molecule has 446 valence electrons. The van der Waals surface area contributed by atoms with Crippen molar-refractivity contribution in [2.75, 3.05) is 17.2 Å². The third-order valence-electron chi connectivity index (χ3n) is 13.2. The molecule has 0 bridgehead atoms. The molecule has 5 N–H and O–H groups in total. The topological polar surface area (TPSA) is 359 Å². The number of aromatic nitrogens is 12. The van der Waals surface area contributed by atoms with E-state index in [0.717, 1.165) is 88.4 Å². The number of hydrogen-bond donors (Lipinski definition) is 5. The normalized spacial score (nSPS) is 15.8. The summed E-state index contributed by atoms with van der Waals surface area (Å²) in [6.07, 6.45) is 17.6. The Balaban J connectivity index is 0.000000166. The fourth-order valence-electron chi connectivity index (χ4n) is 9.63. The van der Waals surface area contributed by atoms with Crippen molar-refractivity contribution in [3.63, 3.8) is 0 Å². The summed E-state index contributed by atoms with van der Waals surface area (Å²) in [5.41, 5.74) is 11.7. The number of epoxide rings is 1. The third-order valence-corrected chi connectivity index (χ3v) is 13.2. The zero-order chi connectivity index (χ0) is 59.4. The van der Waals surface area contributed by atoms with Gasteiger partial charge in [0.1, 0.15) is 50.6 Å². The summed E-state index contributed by atoms with van der Waals surface area (Å²) in [4.78, 5) is 85.7. The lowest BCUT2D eigenvalue weighted by Gasteiger charge is -2.20. The molecule has 1 saturated heterocycles. The van der Waals surface area contributed by atoms with Crippen LogP contribution >= 0.6 is 0 Å². The Bertz CT molecular complexity index is 2980. The van der Waals surface area contributed by atoms with Gasteiger partial charge in [-0.2, -0.15) is 20.4 Å². The maximum absolute atomic E-state index is 12.8. The van der Waals surface area contributed by atoms with Crippen molar-refractivity contribution >= 4 is 47.4 Å². The van der Waals surface area contributed by atoms with Crippen LogP contribution < -0.4 is 10.6 Å². The Morgan fingerprint density at radius 2 is 0.976 bits per heavy atom. The highest BCUT2D eigenvalue weighted by atomic mass is 16.6. The van der Waals surface area contributed by atoms with E-state index >= 15 is 0 Å². The number of aliphatic hydroxyl groups is 1. The second-order valence-corrected chi connectivity index (χ2v) is 20.6. The minimum absolute atomic E-state index is 0.0262. The molecule has 5 aliphatic rings. The molecule has 2 aromatic carbocycles. The number of hydrogen-bond acceptors (Lipinski definition) is 21. The molecule has 4 aromatic heterocycles. The molecule has 0 spiro atoms. The molecule has 0 unspecified atom stereocenters. The molecule has 11 rings (SSSR count). The summed E-state index contributed by atoms with van der Waals surface area (Å²) < 4.78 is 34.4. The highest BCUT2D eigenvalue weighted by Gasteiger charge is 2.34. The van der Waals surface area contributed by atoms with Gasteiger partial charge >= 0.3 is 36.1 Å². The van der Waals surface area contributed by atoms with E-state index in [-0.39, 0.29) is 50.0 Å². The zero-order valence-corrected chi connectivity index (χ0v) is 47.3. The maximum Gasteiger partial charge on any atom is 0.412 e. The van der Waals surface area contributed by atoms with E-state index < -0.39 is 48.4 Å². The number of aryl methyl sites for hydroxylation is 4. The Labute approximate surface area is 478 Å². The lowest BCUT2D eigenvalue weighted by atomic mass is 9.99. The molecule has 4 atom stereocenters. The lowest BCUT2D eigenvalue weighted by Crippen LogP contribution is -2.36. The van der Waals surface area contributed by atoms with Gasteiger partial charge in [0.2, 0.25) is 12.2 Å². The van der Waals surface area contributed by atoms with Crippen molar-refractivity contribution in [3.05, 3.63) is 107 Å². The van der Waals surface area contributed by atoms with Gasteiger partial charge in [-0.3, -0.25) is 15.7 Å². The first-order valence-corrected chi connectivity index (χ1v) is 27.6. The largest absolute Gasteiger partial charge is 0.478 e. The van der Waals surface area contributed by atoms with Crippen LogP contribution in [0.2, 0.25) is 0 Å². The number of amides is 2. The first kappa shape index (κ1) is 61.9. The summed E-state index contributed by atoms with van der Waals surface area (Å²) in [6.45, 7) is 11.1. The number of ether oxygens (including phenoxy) is 6. The van der Waals surface area contributed by atoms with E-state index in [1.165, 1.54) is 109 Å². The van der Waals surface area contributed by atoms with Crippen LogP contribution in [0.25, 0.3) is 0 Å². The molecule has 0 saturated carbocycles. The van der Waals surface area contributed by atoms with E-state index in [1.807, 2.05) is 13.8 Å². The van der Waals surface area contributed by atoms with Crippen LogP contribution in [0.4, 0.5) is 21.0 Å². The highest BCUT2D eigenvalue weighted by Crippen LogP contribution is 2.40. The molecular formula is C55H72N14O14. The molecule has 5 heterocycles. The second-order valence-electron chi connectivity index (χ2n) is 20.6. The number of benzene rings is 2. The average molecular weight is 1150 g/mol. The molecule has 28 heteroatoms. The lowest BCUT2D eigenvalue weighted by molar-refractivity contribution is -0.158. The first-order valence-electron chi connectivity index (χ1n) is 27.6. The number of rotatable bonds is 17. The molecule has 2 amide bonds. The van der Waals surface area contributed by atoms with E-state index in [4.69, 9.17) is 28.4 Å². The summed E-state index contributed by atoms with van der Waals surface area (Å²) >= 11 is 0. The summed E-state index contributed by atoms with van der Waals surface area (Å²) in [5.74, 6) is -2.70. The Kier molecular flexibility index (Phi) is 22.7. The number of nitrogens with zero attached hydrogens (tertiary/aromatic N) is 11. The zero-order valence-electron chi connectivity index (χ0n) is 47.3. The van der Waals surface area contributed by atoms with Gasteiger partial charge in [0.15, 0.2) is 12.2 Å². The number of esters is 3. The van der Waals surface area contributed by atoms with E-state index in [9.17, 15) is 39.0 Å². The van der Waals surface area contributed by atoms with Gasteiger partial charge in [-0.1, -0.05) is 12.1 Å². The van der Waals surface area contributed by atoms with Gasteiger partial charge in [0.05, 0.1) is 55.9 Å². The van der Waals surface area contributed by atoms with Crippen molar-refractivity contribution < 1.29 is 67.4 Å². The molecule has 0 radical (unpaired) electrons. The Morgan fingerprint density at radius 1 is 0.566 bits per heavy atom. The van der Waals surface area contributed by atoms with Crippen LogP contribution in [0, 0.1) is 0 Å². The Hall–Kier alpha value is -8.66. The number of aromatic amines is 1. The number of H-pyrrole nitrogens is 1. The predicted molar refractivity (Wildman–Crippen MR) is 292 cm³/mol. The van der Waals surface area contributed by atoms with Gasteiger partial charge in [-0.15, -0.1) is 0 Å². The molecule has 83 heavy (non-hydrogen) atoms. The van der Waals surface area contributed by atoms with Gasteiger partial charge < -0.3 is 38.6 Å². The smallest absolute Gasteiger partial charge is 0.412 e. The fourth-order valence-corrected chi connectivity index (χ4v) is 9.63. The van der Waals surface area contributed by atoms with Crippen molar-refractivity contribution in [1.29, 1.82) is 0 Å². The van der Waals surface area contributed by atoms with Crippen LogP contribution in [-0.4, -0.2) is 155 Å². The van der Waals surface area contributed by atoms with Crippen LogP contribution in [-0.2, 0) is 119 Å². The van der Waals surface area contributed by atoms with Crippen LogP contribution in [0.3, 0.4) is 0 Å². The number of fused-ring (bicyclic) bond motifs is 4. The van der Waals surface area contributed by atoms with Crippen molar-refractivity contribution in [3.8, 4) is 0 Å². The first-order chi connectivity index (χ1) is 39.9. The molecule has 1 aliphatic heterocycles. The highest BCUT2D eigenvalue weighted by molar-refractivity contribution is 5.91. The van der Waals surface area contributed by atoms with Crippen LogP contribution in [0.5, 0.6) is 0 Å². The fraction of sp³-hybridized carbons (Fsp3) is 0.527. The SMILES string of the molecule is CC(C)OC(=O)[C@@H](Cn1cncn1)OC(=O)Nc1c2c(cc3c1CCC3)CCC2.CC(C)OC(=O)[C@H](O)Cn1cncn1.CC(C)OC(=O)[C@H]1CO1.O=C(Nc1c2c(cc3c1CCC3)CCC2)O[C@H](Cn1cncn1)C(=O)O.c1nc[nH]n1. The summed E-state index contributed by atoms with van der Waals surface area (Å²) in [6, 6.07) is 4.57. The quantitative estimate of drug-likeness (QED) is 0.0476. The number of nitrogens with one attached hydrogen (secondary N) is 3. The number of aliphatic hydroxyl groups excluding tert-OH is 1. The van der Waals surface area contributed by atoms with Gasteiger partial charge in [0, 0.05) is 0 Å². The minimum atomic E-state index is -1.33. The number of carboxylic acids is 1. The predicted octanol–water partition coefficient (Wildman–Crippen LogP) is 4.51. The van der Waals surface area contributed by atoms with Gasteiger partial charge in [-0.25, -0.2) is 62.7 Å². The van der Waals surface area contributed by atoms with Crippen molar-refractivity contribution in [2.45, 2.75) is 181 Å². The van der Waals surface area contributed by atoms with E-state index in [0.29, 0.717) is 6.61 Å². The monoisotopic (exact) mass is 1150 g/mol. The number of anilines is 2. The van der Waals surface area contributed by atoms with Crippen molar-refractivity contribution in [2.24, 2.45) is 0 Å². The molecule has 28 nitrogen and oxygen atoms in total. The molecule has 1 fully saturated rings. The summed E-state index contributed by atoms with van der Waals surface area (Å²) in [5, 5.41) is 42.1. The average Bonchev–Trinajstić information content (AvgIpc) is 3.92. The molecule has 6 aromatic rings. The third kappa shape index (κ3) is 19.0. The van der Waals surface area contributed by atoms with Crippen LogP contribution in [0.15, 0.2) is 62.8 Å². The summed E-state index contributed by atoms with van der Waals surface area (Å²) in [7, 11) is 0. The number of carbonyl (C=O) groups is 6. The standard InChI is InChI=1S/C21H26N4O4.C18H20N4O4.C8H13N3O3.C6H10O3.C2H3N3/c1-13(2)28-20(26)18(10-25-12-22-11-23-25)29-21(27)24-19-16-7-3-5-14(16)9-15-6-4-8-17(15)19;23-17(24)15(8-22-10-19-9-20-22)26-18(25)21-16-13-5-1-3-11(13)7-12-4-2-6-14(12)16;1-6(2)14-8(13)7(12)3-11-5-9-4-10-11;1-4(2)9-6(7)5-3-8-5;1-3-2-5-4-1/h9,11-13,18H,3-8,10H2,1-2H3,(H,24,27);7,9-10,15H,1-6,8H2,(H,21,25)(H,23,24);4-7,12H,3H2,1-2H3;4-5H,3H2,1-2H3;1-2H,(H,3,4,5)/t18-;15-;7-;5-;/m1111./s1. The number of aliphatic carboxylic acids is 1. The molecule has 4 aliphatic carbocycles. The van der Waals surface area contributed by atoms with E-state index in [1.54, 1.807) is 27.7 Å². The van der Waals surface area contributed by atoms with E-state index in [2.05, 4.69) is 68.2 Å². The number of carboxylic acid groups (broad SMARTS) is 1. The van der Waals surface area contributed by atoms with Gasteiger partial charge in [0.25, 0.3) is 0 Å². The second kappa shape index (κ2) is 30.4. The Morgan fingerprint density at radius 3 is 1.33 bits per heavy atom. The number of carbonyl (C=O) groups excluding carboxylic acids is 5. The minimum Gasteiger partial charge on any atom is -0.478 e. The maximum atomic E-state index is 12.8. The van der Waals surface area contributed by atoms with Crippen LogP contribution in [0.1, 0.15) is 112 Å². The van der Waals surface area contributed by atoms with Gasteiger partial charge in [-0.05, 0) is 163 Å². The van der Waals surface area contributed by atoms with Crippen molar-refractivity contribution in [1.82, 2.24) is 59.5 Å². The molecular weight excluding hydrogens is 1080 g/mol.